The molecule has 0 spiro atoms. The zero-order valence-electron chi connectivity index (χ0n) is 20.5. The first kappa shape index (κ1) is 27.5. The number of ether oxygens (including phenoxy) is 1. The van der Waals surface area contributed by atoms with E-state index in [1.165, 1.54) is 12.1 Å². The molecule has 1 aliphatic rings. The highest BCUT2D eigenvalue weighted by molar-refractivity contribution is 5.98. The van der Waals surface area contributed by atoms with Crippen LogP contribution < -0.4 is 15.4 Å². The second kappa shape index (κ2) is 10.7. The number of carboxylic acid groups (broad SMARTS) is 1. The van der Waals surface area contributed by atoms with Crippen molar-refractivity contribution in [2.75, 3.05) is 6.54 Å². The van der Waals surface area contributed by atoms with Gasteiger partial charge in [-0.1, -0.05) is 23.8 Å². The van der Waals surface area contributed by atoms with Gasteiger partial charge in [-0.25, -0.2) is 13.9 Å². The number of carboxylic acids is 1. The van der Waals surface area contributed by atoms with Crippen LogP contribution in [0.25, 0.3) is 5.65 Å². The average Bonchev–Trinajstić information content (AvgIpc) is 3.26. The number of fused-ring (bicyclic) bond motifs is 1. The second-order valence-corrected chi connectivity index (χ2v) is 9.25. The summed E-state index contributed by atoms with van der Waals surface area (Å²) in [5, 5.41) is 18.3. The monoisotopic (exact) mass is 549 g/mol. The first-order chi connectivity index (χ1) is 18.3. The minimum atomic E-state index is -4.87. The highest BCUT2D eigenvalue weighted by Gasteiger charge is 2.34. The Bertz CT molecular complexity index is 1470. The molecule has 0 radical (unpaired) electrons. The number of carbonyl (C=O) groups is 3. The minimum absolute atomic E-state index is 0.111. The highest BCUT2D eigenvalue weighted by Crippen LogP contribution is 2.35. The maximum atomic E-state index is 14.3. The topological polar surface area (TPSA) is 135 Å². The van der Waals surface area contributed by atoms with Crippen LogP contribution in [0.15, 0.2) is 48.2 Å². The highest BCUT2D eigenvalue weighted by atomic mass is 19.4. The smallest absolute Gasteiger partial charge is 0.481 e. The van der Waals surface area contributed by atoms with Crippen LogP contribution in [0.2, 0.25) is 0 Å². The molecule has 4 rings (SSSR count). The third-order valence-corrected chi connectivity index (χ3v) is 6.31. The van der Waals surface area contributed by atoms with Crippen molar-refractivity contribution in [1.29, 1.82) is 0 Å². The Morgan fingerprint density at radius 3 is 2.56 bits per heavy atom. The molecule has 0 saturated carbocycles. The SMILES string of the molecule is CC1(C(=O)O)CC=C(CNC(=O)c2cc(C(=O)NCc3cccc(OC(F)(F)F)c3)nc3c(F)cnn23)CC1. The molecule has 0 fully saturated rings. The fraction of sp³-hybridized carbons (Fsp3) is 0.320. The third-order valence-electron chi connectivity index (χ3n) is 6.31. The number of rotatable bonds is 8. The van der Waals surface area contributed by atoms with E-state index in [9.17, 15) is 37.1 Å². The Morgan fingerprint density at radius 2 is 1.90 bits per heavy atom. The number of carbonyl (C=O) groups excluding carboxylic acids is 2. The van der Waals surface area contributed by atoms with E-state index in [4.69, 9.17) is 0 Å². The maximum absolute atomic E-state index is 14.3. The van der Waals surface area contributed by atoms with Crippen molar-refractivity contribution >= 4 is 23.4 Å². The van der Waals surface area contributed by atoms with E-state index in [0.717, 1.165) is 34.5 Å². The summed E-state index contributed by atoms with van der Waals surface area (Å²) in [5.74, 6) is -3.72. The molecule has 0 bridgehead atoms. The van der Waals surface area contributed by atoms with Crippen LogP contribution in [0.4, 0.5) is 17.6 Å². The predicted octanol–water partition coefficient (Wildman–Crippen LogP) is 3.63. The number of amides is 2. The van der Waals surface area contributed by atoms with E-state index in [-0.39, 0.29) is 30.1 Å². The number of allylic oxidation sites excluding steroid dienone is 1. The number of aromatic nitrogens is 3. The second-order valence-electron chi connectivity index (χ2n) is 9.25. The predicted molar refractivity (Wildman–Crippen MR) is 127 cm³/mol. The van der Waals surface area contributed by atoms with Crippen LogP contribution in [-0.2, 0) is 11.3 Å². The molecule has 14 heteroatoms. The number of nitrogens with zero attached hydrogens (tertiary/aromatic N) is 3. The molecule has 2 aromatic heterocycles. The van der Waals surface area contributed by atoms with Gasteiger partial charge in [-0.3, -0.25) is 14.4 Å². The van der Waals surface area contributed by atoms with E-state index >= 15 is 0 Å². The Morgan fingerprint density at radius 1 is 1.15 bits per heavy atom. The molecule has 2 heterocycles. The molecule has 206 valence electrons. The van der Waals surface area contributed by atoms with Gasteiger partial charge >= 0.3 is 12.3 Å². The molecular formula is C25H23F4N5O5. The molecule has 3 N–H and O–H groups in total. The number of hydrogen-bond acceptors (Lipinski definition) is 6. The zero-order chi connectivity index (χ0) is 28.4. The van der Waals surface area contributed by atoms with Gasteiger partial charge in [-0.05, 0) is 43.9 Å². The minimum Gasteiger partial charge on any atom is -0.481 e. The van der Waals surface area contributed by atoms with Gasteiger partial charge in [-0.15, -0.1) is 13.2 Å². The van der Waals surface area contributed by atoms with Crippen LogP contribution in [0.5, 0.6) is 5.75 Å². The van der Waals surface area contributed by atoms with Gasteiger partial charge in [0.1, 0.15) is 17.1 Å². The quantitative estimate of drug-likeness (QED) is 0.289. The van der Waals surface area contributed by atoms with Crippen molar-refractivity contribution in [2.24, 2.45) is 5.41 Å². The molecular weight excluding hydrogens is 526 g/mol. The van der Waals surface area contributed by atoms with Gasteiger partial charge in [0.15, 0.2) is 11.5 Å². The fourth-order valence-electron chi connectivity index (χ4n) is 3.99. The number of halogens is 4. The molecule has 0 aliphatic heterocycles. The number of aliphatic carboxylic acids is 1. The van der Waals surface area contributed by atoms with Gasteiger partial charge < -0.3 is 20.5 Å². The Balaban J connectivity index is 1.48. The number of benzene rings is 1. The summed E-state index contributed by atoms with van der Waals surface area (Å²) >= 11 is 0. The van der Waals surface area contributed by atoms with Gasteiger partial charge in [0, 0.05) is 19.2 Å². The molecule has 2 amide bonds. The van der Waals surface area contributed by atoms with E-state index in [2.05, 4.69) is 25.5 Å². The lowest BCUT2D eigenvalue weighted by molar-refractivity contribution is -0.274. The van der Waals surface area contributed by atoms with E-state index in [1.807, 2.05) is 0 Å². The van der Waals surface area contributed by atoms with Crippen molar-refractivity contribution in [3.8, 4) is 5.75 Å². The summed E-state index contributed by atoms with van der Waals surface area (Å²) in [4.78, 5) is 41.1. The molecule has 1 aliphatic carbocycles. The lowest BCUT2D eigenvalue weighted by Gasteiger charge is -2.28. The Labute approximate surface area is 218 Å². The number of nitrogens with one attached hydrogen (secondary N) is 2. The molecule has 3 aromatic rings. The zero-order valence-corrected chi connectivity index (χ0v) is 20.5. The molecule has 1 atom stereocenters. The fourth-order valence-corrected chi connectivity index (χ4v) is 3.99. The van der Waals surface area contributed by atoms with Crippen molar-refractivity contribution in [2.45, 2.75) is 39.1 Å². The molecule has 10 nitrogen and oxygen atoms in total. The molecule has 39 heavy (non-hydrogen) atoms. The lowest BCUT2D eigenvalue weighted by atomic mass is 9.76. The average molecular weight is 549 g/mol. The van der Waals surface area contributed by atoms with Crippen molar-refractivity contribution in [3.05, 3.63) is 70.9 Å². The Kier molecular flexibility index (Phi) is 7.56. The Hall–Kier alpha value is -4.49. The first-order valence-corrected chi connectivity index (χ1v) is 11.7. The summed E-state index contributed by atoms with van der Waals surface area (Å²) in [6.45, 7) is 1.56. The number of hydrogen-bond donors (Lipinski definition) is 3. The van der Waals surface area contributed by atoms with Crippen molar-refractivity contribution in [3.63, 3.8) is 0 Å². The van der Waals surface area contributed by atoms with Gasteiger partial charge in [0.2, 0.25) is 0 Å². The largest absolute Gasteiger partial charge is 0.573 e. The van der Waals surface area contributed by atoms with Crippen LogP contribution in [0.1, 0.15) is 52.7 Å². The van der Waals surface area contributed by atoms with Gasteiger partial charge in [-0.2, -0.15) is 5.10 Å². The molecule has 1 aromatic carbocycles. The van der Waals surface area contributed by atoms with Crippen LogP contribution in [0, 0.1) is 11.2 Å². The summed E-state index contributed by atoms with van der Waals surface area (Å²) in [6.07, 6.45) is -1.09. The summed E-state index contributed by atoms with van der Waals surface area (Å²) < 4.78 is 56.5. The molecule has 1 unspecified atom stereocenters. The van der Waals surface area contributed by atoms with E-state index in [1.54, 1.807) is 13.0 Å². The summed E-state index contributed by atoms with van der Waals surface area (Å²) in [5.41, 5.74) is -0.618. The van der Waals surface area contributed by atoms with Crippen LogP contribution in [0.3, 0.4) is 0 Å². The lowest BCUT2D eigenvalue weighted by Crippen LogP contribution is -2.33. The molecule has 0 saturated heterocycles. The summed E-state index contributed by atoms with van der Waals surface area (Å²) in [7, 11) is 0. The van der Waals surface area contributed by atoms with Crippen LogP contribution >= 0.6 is 0 Å². The number of alkyl halides is 3. The van der Waals surface area contributed by atoms with Crippen molar-refractivity contribution < 1.29 is 41.8 Å². The summed E-state index contributed by atoms with van der Waals surface area (Å²) in [6, 6.07) is 6.11. The van der Waals surface area contributed by atoms with Gasteiger partial charge in [0.05, 0.1) is 11.6 Å². The standard InChI is InChI=1S/C25H23F4N5O5/c1-24(23(37)38)7-5-14(6-8-24)11-31-22(36)19-10-18(33-20-17(26)13-32-34(19)20)21(35)30-12-15-3-2-4-16(9-15)39-25(27,28)29/h2-5,9-10,13H,6-8,11-12H2,1H3,(H,30,35)(H,31,36)(H,37,38). The van der Waals surface area contributed by atoms with E-state index in [0.29, 0.717) is 24.8 Å². The normalized spacial score (nSPS) is 17.4. The first-order valence-electron chi connectivity index (χ1n) is 11.7. The van der Waals surface area contributed by atoms with Crippen LogP contribution in [-0.4, -0.2) is 50.4 Å². The van der Waals surface area contributed by atoms with Gasteiger partial charge in [0.25, 0.3) is 11.8 Å². The van der Waals surface area contributed by atoms with E-state index < -0.39 is 41.1 Å². The maximum Gasteiger partial charge on any atom is 0.573 e. The van der Waals surface area contributed by atoms with Crippen molar-refractivity contribution in [1.82, 2.24) is 25.2 Å². The third kappa shape index (κ3) is 6.51.